The van der Waals surface area contributed by atoms with Gasteiger partial charge in [0.25, 0.3) is 0 Å². The molecule has 0 heterocycles. The summed E-state index contributed by atoms with van der Waals surface area (Å²) in [5, 5.41) is -0.0394. The van der Waals surface area contributed by atoms with Crippen molar-refractivity contribution in [2.75, 3.05) is 0 Å². The van der Waals surface area contributed by atoms with Gasteiger partial charge in [-0.25, -0.2) is 0 Å². The van der Waals surface area contributed by atoms with Crippen molar-refractivity contribution in [2.45, 2.75) is 96.2 Å². The highest BCUT2D eigenvalue weighted by Gasteiger charge is 2.45. The molecule has 1 aliphatic rings. The zero-order valence-corrected chi connectivity index (χ0v) is 19.2. The molecule has 2 atom stereocenters. The Balaban J connectivity index is 2.97. The monoisotopic (exact) mass is 370 g/mol. The van der Waals surface area contributed by atoms with Gasteiger partial charge < -0.3 is 9.22 Å². The summed E-state index contributed by atoms with van der Waals surface area (Å²) in [5.74, 6) is 0.388. The molecule has 0 spiro atoms. The maximum absolute atomic E-state index is 12.3. The van der Waals surface area contributed by atoms with Crippen LogP contribution in [0.5, 0.6) is 0 Å². The number of hydrogen-bond acceptors (Lipinski definition) is 3. The van der Waals surface area contributed by atoms with Gasteiger partial charge in [0.05, 0.1) is 6.10 Å². The van der Waals surface area contributed by atoms with Crippen LogP contribution >= 0.6 is 0 Å². The minimum atomic E-state index is -2.30. The first-order valence-electron chi connectivity index (χ1n) is 9.08. The predicted molar refractivity (Wildman–Crippen MR) is 107 cm³/mol. The summed E-state index contributed by atoms with van der Waals surface area (Å²) < 4.78 is 6.52. The fourth-order valence-corrected chi connectivity index (χ4v) is 4.85. The van der Waals surface area contributed by atoms with E-state index in [0.29, 0.717) is 12.8 Å². The molecule has 1 saturated carbocycles. The zero-order chi connectivity index (χ0) is 19.1. The summed E-state index contributed by atoms with van der Waals surface area (Å²) >= 11 is 0. The molecule has 0 radical (unpaired) electrons. The predicted octanol–water partition coefficient (Wildman–Crippen LogP) is 5.28. The molecule has 0 aromatic carbocycles. The molecule has 1 N–H and O–H groups in total. The van der Waals surface area contributed by atoms with Crippen molar-refractivity contribution < 1.29 is 14.0 Å². The smallest absolute Gasteiger partial charge is 0.192 e. The lowest BCUT2D eigenvalue weighted by Gasteiger charge is -2.44. The fourth-order valence-electron chi connectivity index (χ4n) is 2.81. The number of rotatable bonds is 5. The van der Waals surface area contributed by atoms with Crippen LogP contribution in [-0.4, -0.2) is 33.3 Å². The molecule has 0 bridgehead atoms. The van der Waals surface area contributed by atoms with Crippen molar-refractivity contribution in [3.05, 3.63) is 12.2 Å². The van der Waals surface area contributed by atoms with Gasteiger partial charge in [-0.3, -0.25) is 4.79 Å². The van der Waals surface area contributed by atoms with Gasteiger partial charge in [-0.05, 0) is 54.2 Å². The average Bonchev–Trinajstić information content (AvgIpc) is 2.31. The Kier molecular flexibility index (Phi) is 6.20. The van der Waals surface area contributed by atoms with Gasteiger partial charge in [0, 0.05) is 12.8 Å². The molecule has 24 heavy (non-hydrogen) atoms. The molecule has 1 fully saturated rings. The number of carbonyl (C=O) groups is 1. The van der Waals surface area contributed by atoms with Crippen LogP contribution in [-0.2, 0) is 9.22 Å². The second-order valence-electron chi connectivity index (χ2n) is 10.2. The summed E-state index contributed by atoms with van der Waals surface area (Å²) in [6.45, 7) is 23.6. The second-order valence-corrected chi connectivity index (χ2v) is 19.5. The molecule has 0 amide bonds. The van der Waals surface area contributed by atoms with E-state index in [0.717, 1.165) is 12.0 Å². The first-order valence-corrected chi connectivity index (χ1v) is 14.9. The van der Waals surface area contributed by atoms with E-state index < -0.39 is 16.6 Å². The molecular formula is C19H38O3Si2. The van der Waals surface area contributed by atoms with E-state index >= 15 is 0 Å². The Morgan fingerprint density at radius 3 is 2.04 bits per heavy atom. The standard InChI is InChI=1S/C19H38O3Si2/c1-14-15(13-19(5,6)23(7,8)21)11-16(20)12-17(14)22-24(9,10)18(2,3)4/h15,17,21H,1,11-13H2,2-10H3/t15-,17+/m0/s1. The molecule has 1 aliphatic carbocycles. The molecule has 1 rings (SSSR count). The van der Waals surface area contributed by atoms with E-state index in [9.17, 15) is 9.59 Å². The summed E-state index contributed by atoms with van der Waals surface area (Å²) in [5.41, 5.74) is 1.06. The Morgan fingerprint density at radius 2 is 1.62 bits per heavy atom. The van der Waals surface area contributed by atoms with Crippen LogP contribution in [0.2, 0.25) is 36.3 Å². The van der Waals surface area contributed by atoms with Crippen LogP contribution in [0.4, 0.5) is 0 Å². The topological polar surface area (TPSA) is 46.5 Å². The van der Waals surface area contributed by atoms with Crippen molar-refractivity contribution >= 4 is 22.4 Å². The van der Waals surface area contributed by atoms with E-state index in [4.69, 9.17) is 4.43 Å². The van der Waals surface area contributed by atoms with Crippen molar-refractivity contribution in [2.24, 2.45) is 5.92 Å². The first-order chi connectivity index (χ1) is 10.5. The number of carbonyl (C=O) groups excluding carboxylic acids is 1. The van der Waals surface area contributed by atoms with E-state index in [1.165, 1.54) is 0 Å². The van der Waals surface area contributed by atoms with Gasteiger partial charge in [-0.15, -0.1) is 0 Å². The molecule has 0 saturated heterocycles. The zero-order valence-electron chi connectivity index (χ0n) is 17.2. The van der Waals surface area contributed by atoms with Gasteiger partial charge in [0.2, 0.25) is 0 Å². The normalized spacial score (nSPS) is 24.4. The third kappa shape index (κ3) is 4.90. The van der Waals surface area contributed by atoms with Crippen LogP contribution in [0.3, 0.4) is 0 Å². The molecule has 0 unspecified atom stereocenters. The van der Waals surface area contributed by atoms with Gasteiger partial charge in [0.15, 0.2) is 16.6 Å². The number of Topliss-reactive ketones (excluding diaryl/α,β-unsaturated/α-hetero) is 1. The van der Waals surface area contributed by atoms with E-state index in [1.54, 1.807) is 0 Å². The fraction of sp³-hybridized carbons (Fsp3) is 0.842. The third-order valence-electron chi connectivity index (χ3n) is 6.48. The van der Waals surface area contributed by atoms with Crippen LogP contribution in [0.1, 0.15) is 53.9 Å². The minimum Gasteiger partial charge on any atom is -0.432 e. The molecule has 0 aromatic heterocycles. The van der Waals surface area contributed by atoms with E-state index in [-0.39, 0.29) is 27.9 Å². The van der Waals surface area contributed by atoms with Crippen LogP contribution in [0.25, 0.3) is 0 Å². The lowest BCUT2D eigenvalue weighted by Crippen LogP contribution is -2.47. The maximum Gasteiger partial charge on any atom is 0.192 e. The average molecular weight is 371 g/mol. The van der Waals surface area contributed by atoms with Crippen molar-refractivity contribution in [3.63, 3.8) is 0 Å². The number of ketones is 1. The van der Waals surface area contributed by atoms with Crippen molar-refractivity contribution in [1.82, 2.24) is 0 Å². The Bertz CT molecular complexity index is 454. The SMILES string of the molecule is C=C1[C@H](CC(C)(C)[Si](C)(C)O)CC(=O)C[C@H]1O[Si](C)(C)C(C)(C)C. The molecule has 3 nitrogen and oxygen atoms in total. The van der Waals surface area contributed by atoms with Crippen molar-refractivity contribution in [1.29, 1.82) is 0 Å². The molecular weight excluding hydrogens is 332 g/mol. The molecule has 140 valence electrons. The summed E-state index contributed by atoms with van der Waals surface area (Å²) in [6, 6.07) is 0. The highest BCUT2D eigenvalue weighted by atomic mass is 28.4. The summed E-state index contributed by atoms with van der Waals surface area (Å²) in [6.07, 6.45) is 1.66. The quantitative estimate of drug-likeness (QED) is 0.529. The minimum absolute atomic E-state index is 0.114. The highest BCUT2D eigenvalue weighted by molar-refractivity contribution is 6.74. The van der Waals surface area contributed by atoms with Crippen LogP contribution < -0.4 is 0 Å². The first kappa shape index (κ1) is 21.8. The lowest BCUT2D eigenvalue weighted by atomic mass is 9.78. The molecule has 5 heteroatoms. The van der Waals surface area contributed by atoms with Gasteiger partial charge in [-0.1, -0.05) is 41.2 Å². The third-order valence-corrected chi connectivity index (χ3v) is 14.5. The molecule has 0 aromatic rings. The maximum atomic E-state index is 12.3. The van der Waals surface area contributed by atoms with Gasteiger partial charge >= 0.3 is 0 Å². The lowest BCUT2D eigenvalue weighted by molar-refractivity contribution is -0.122. The largest absolute Gasteiger partial charge is 0.432 e. The van der Waals surface area contributed by atoms with E-state index in [2.05, 4.69) is 54.3 Å². The van der Waals surface area contributed by atoms with Crippen LogP contribution in [0, 0.1) is 5.92 Å². The Labute approximate surface area is 151 Å². The highest BCUT2D eigenvalue weighted by Crippen LogP contribution is 2.47. The van der Waals surface area contributed by atoms with Gasteiger partial charge in [0.1, 0.15) is 5.78 Å². The van der Waals surface area contributed by atoms with Crippen LogP contribution in [0.15, 0.2) is 12.2 Å². The Morgan fingerprint density at radius 1 is 1.12 bits per heavy atom. The number of hydrogen-bond donors (Lipinski definition) is 1. The Hall–Kier alpha value is -0.236. The van der Waals surface area contributed by atoms with Crippen molar-refractivity contribution in [3.8, 4) is 0 Å². The summed E-state index contributed by atoms with van der Waals surface area (Å²) in [7, 11) is -4.25. The second kappa shape index (κ2) is 6.82. The molecule has 0 aliphatic heterocycles. The summed E-state index contributed by atoms with van der Waals surface area (Å²) in [4.78, 5) is 22.9. The van der Waals surface area contributed by atoms with E-state index in [1.807, 2.05) is 13.1 Å². The van der Waals surface area contributed by atoms with Gasteiger partial charge in [-0.2, -0.15) is 0 Å².